The zero-order valence-corrected chi connectivity index (χ0v) is 14.7. The Kier molecular flexibility index (Phi) is 6.57. The largest absolute Gasteiger partial charge is 0.356 e. The van der Waals surface area contributed by atoms with Crippen LogP contribution in [0.25, 0.3) is 0 Å². The molecule has 1 aromatic heterocycles. The van der Waals surface area contributed by atoms with Crippen LogP contribution in [0.2, 0.25) is 0 Å². The molecule has 2 N–H and O–H groups in total. The van der Waals surface area contributed by atoms with Gasteiger partial charge in [0.1, 0.15) is 0 Å². The van der Waals surface area contributed by atoms with E-state index in [-0.39, 0.29) is 18.0 Å². The number of carbonyl (C=O) groups excluding carboxylic acids is 2. The second kappa shape index (κ2) is 8.65. The Morgan fingerprint density at radius 3 is 2.88 bits per heavy atom. The summed E-state index contributed by atoms with van der Waals surface area (Å²) in [5.74, 6) is 1.36. The van der Waals surface area contributed by atoms with E-state index in [9.17, 15) is 9.59 Å². The molecule has 3 amide bonds. The lowest BCUT2D eigenvalue weighted by molar-refractivity contribution is -0.121. The summed E-state index contributed by atoms with van der Waals surface area (Å²) in [5.41, 5.74) is 0. The minimum atomic E-state index is -0.149. The van der Waals surface area contributed by atoms with Gasteiger partial charge in [0.2, 0.25) is 11.8 Å². The minimum absolute atomic E-state index is 0.0201. The van der Waals surface area contributed by atoms with E-state index in [1.54, 1.807) is 4.90 Å². The van der Waals surface area contributed by atoms with Crippen molar-refractivity contribution in [2.24, 2.45) is 5.92 Å². The fourth-order valence-corrected chi connectivity index (χ4v) is 2.66. The monoisotopic (exact) mass is 337 g/mol. The van der Waals surface area contributed by atoms with Crippen LogP contribution in [0, 0.1) is 5.92 Å². The van der Waals surface area contributed by atoms with Gasteiger partial charge < -0.3 is 20.1 Å². The van der Waals surface area contributed by atoms with E-state index in [2.05, 4.69) is 20.8 Å². The number of amides is 3. The average molecular weight is 337 g/mol. The van der Waals surface area contributed by atoms with E-state index in [1.807, 2.05) is 20.8 Å². The molecule has 0 aromatic carbocycles. The first-order chi connectivity index (χ1) is 11.5. The molecule has 8 nitrogen and oxygen atoms in total. The third-order valence-corrected chi connectivity index (χ3v) is 3.90. The van der Waals surface area contributed by atoms with E-state index in [0.29, 0.717) is 50.1 Å². The van der Waals surface area contributed by atoms with Gasteiger partial charge in [0.25, 0.3) is 0 Å². The summed E-state index contributed by atoms with van der Waals surface area (Å²) < 4.78 is 5.24. The molecule has 24 heavy (non-hydrogen) atoms. The third kappa shape index (κ3) is 4.94. The van der Waals surface area contributed by atoms with Gasteiger partial charge >= 0.3 is 6.03 Å². The fraction of sp³-hybridized carbons (Fsp3) is 0.750. The van der Waals surface area contributed by atoms with Crippen LogP contribution in [0.3, 0.4) is 0 Å². The lowest BCUT2D eigenvalue weighted by atomic mass is 10.2. The maximum absolute atomic E-state index is 12.1. The number of likely N-dealkylation sites (tertiary alicyclic amines) is 1. The summed E-state index contributed by atoms with van der Waals surface area (Å²) >= 11 is 0. The van der Waals surface area contributed by atoms with Crippen LogP contribution in [-0.2, 0) is 11.2 Å². The average Bonchev–Trinajstić information content (AvgIpc) is 3.19. The molecule has 1 aromatic rings. The molecule has 1 aliphatic heterocycles. The Labute approximate surface area is 142 Å². The maximum Gasteiger partial charge on any atom is 0.318 e. The summed E-state index contributed by atoms with van der Waals surface area (Å²) in [6.07, 6.45) is 2.47. The first-order valence-electron chi connectivity index (χ1n) is 8.64. The minimum Gasteiger partial charge on any atom is -0.356 e. The molecule has 0 bridgehead atoms. The molecule has 0 spiro atoms. The van der Waals surface area contributed by atoms with E-state index >= 15 is 0 Å². The van der Waals surface area contributed by atoms with Gasteiger partial charge in [-0.1, -0.05) is 19.0 Å². The molecule has 2 heterocycles. The van der Waals surface area contributed by atoms with Gasteiger partial charge in [-0.15, -0.1) is 0 Å². The molecule has 1 aliphatic rings. The highest BCUT2D eigenvalue weighted by Crippen LogP contribution is 2.30. The third-order valence-electron chi connectivity index (χ3n) is 3.90. The fourth-order valence-electron chi connectivity index (χ4n) is 2.66. The number of aromatic nitrogens is 2. The van der Waals surface area contributed by atoms with Crippen LogP contribution in [0.4, 0.5) is 4.79 Å². The Bertz CT molecular complexity index is 558. The zero-order valence-electron chi connectivity index (χ0n) is 14.7. The molecular formula is C16H27N5O3. The van der Waals surface area contributed by atoms with Crippen molar-refractivity contribution in [1.82, 2.24) is 25.7 Å². The van der Waals surface area contributed by atoms with E-state index in [0.717, 1.165) is 12.8 Å². The molecule has 2 rings (SSSR count). The molecule has 8 heteroatoms. The Balaban J connectivity index is 1.88. The quantitative estimate of drug-likeness (QED) is 0.788. The number of nitrogens with one attached hydrogen (secondary N) is 2. The highest BCUT2D eigenvalue weighted by atomic mass is 16.5. The van der Waals surface area contributed by atoms with Crippen molar-refractivity contribution in [3.8, 4) is 0 Å². The number of rotatable bonds is 7. The second-order valence-electron chi connectivity index (χ2n) is 6.43. The van der Waals surface area contributed by atoms with Crippen LogP contribution >= 0.6 is 0 Å². The smallest absolute Gasteiger partial charge is 0.318 e. The topological polar surface area (TPSA) is 100 Å². The Morgan fingerprint density at radius 2 is 2.17 bits per heavy atom. The number of urea groups is 1. The van der Waals surface area contributed by atoms with Crippen molar-refractivity contribution in [3.63, 3.8) is 0 Å². The lowest BCUT2D eigenvalue weighted by Gasteiger charge is -2.22. The zero-order chi connectivity index (χ0) is 17.5. The van der Waals surface area contributed by atoms with Crippen LogP contribution in [0.5, 0.6) is 0 Å². The van der Waals surface area contributed by atoms with Gasteiger partial charge in [0, 0.05) is 32.5 Å². The van der Waals surface area contributed by atoms with Crippen LogP contribution in [-0.4, -0.2) is 46.6 Å². The summed E-state index contributed by atoms with van der Waals surface area (Å²) in [7, 11) is 0. The van der Waals surface area contributed by atoms with Gasteiger partial charge in [-0.25, -0.2) is 4.79 Å². The van der Waals surface area contributed by atoms with Crippen molar-refractivity contribution in [2.45, 2.75) is 52.5 Å². The van der Waals surface area contributed by atoms with E-state index < -0.39 is 0 Å². The van der Waals surface area contributed by atoms with Gasteiger partial charge in [-0.2, -0.15) is 4.98 Å². The molecule has 0 saturated carbocycles. The molecular weight excluding hydrogens is 310 g/mol. The predicted molar refractivity (Wildman–Crippen MR) is 88.2 cm³/mol. The number of carbonyl (C=O) groups is 2. The van der Waals surface area contributed by atoms with Gasteiger partial charge in [-0.3, -0.25) is 4.79 Å². The first-order valence-corrected chi connectivity index (χ1v) is 8.64. The van der Waals surface area contributed by atoms with Crippen LogP contribution in [0.1, 0.15) is 57.8 Å². The standard InChI is InChI=1S/C16H27N5O3/c1-4-17-16(23)21-9-5-6-12(21)15-19-14(24-20-15)8-7-13(22)18-10-11(2)3/h11-12H,4-10H2,1-3H3,(H,17,23)(H,18,22). The summed E-state index contributed by atoms with van der Waals surface area (Å²) in [6, 6.07) is -0.247. The van der Waals surface area contributed by atoms with Crippen molar-refractivity contribution in [1.29, 1.82) is 0 Å². The summed E-state index contributed by atoms with van der Waals surface area (Å²) in [6.45, 7) is 7.93. The molecule has 1 unspecified atom stereocenters. The summed E-state index contributed by atoms with van der Waals surface area (Å²) in [4.78, 5) is 29.9. The number of aryl methyl sites for hydroxylation is 1. The molecule has 0 aliphatic carbocycles. The Morgan fingerprint density at radius 1 is 1.38 bits per heavy atom. The van der Waals surface area contributed by atoms with Crippen LogP contribution < -0.4 is 10.6 Å². The SMILES string of the molecule is CCNC(=O)N1CCCC1c1noc(CCC(=O)NCC(C)C)n1. The van der Waals surface area contributed by atoms with Gasteiger partial charge in [0.15, 0.2) is 5.82 Å². The molecule has 0 radical (unpaired) electrons. The highest BCUT2D eigenvalue weighted by Gasteiger charge is 2.33. The molecule has 1 fully saturated rings. The molecule has 1 atom stereocenters. The molecule has 134 valence electrons. The lowest BCUT2D eigenvalue weighted by Crippen LogP contribution is -2.39. The first kappa shape index (κ1) is 18.2. The van der Waals surface area contributed by atoms with Crippen molar-refractivity contribution < 1.29 is 14.1 Å². The molecule has 1 saturated heterocycles. The number of nitrogens with zero attached hydrogens (tertiary/aromatic N) is 3. The predicted octanol–water partition coefficient (Wildman–Crippen LogP) is 1.64. The van der Waals surface area contributed by atoms with Crippen molar-refractivity contribution in [3.05, 3.63) is 11.7 Å². The van der Waals surface area contributed by atoms with Crippen molar-refractivity contribution in [2.75, 3.05) is 19.6 Å². The summed E-state index contributed by atoms with van der Waals surface area (Å²) in [5, 5.41) is 9.67. The van der Waals surface area contributed by atoms with E-state index in [1.165, 1.54) is 0 Å². The Hall–Kier alpha value is -2.12. The number of hydrogen-bond donors (Lipinski definition) is 2. The van der Waals surface area contributed by atoms with Gasteiger partial charge in [0.05, 0.1) is 6.04 Å². The van der Waals surface area contributed by atoms with Crippen molar-refractivity contribution >= 4 is 11.9 Å². The van der Waals surface area contributed by atoms with E-state index in [4.69, 9.17) is 4.52 Å². The maximum atomic E-state index is 12.1. The second-order valence-corrected chi connectivity index (χ2v) is 6.43. The highest BCUT2D eigenvalue weighted by molar-refractivity contribution is 5.76. The van der Waals surface area contributed by atoms with Crippen LogP contribution in [0.15, 0.2) is 4.52 Å². The number of hydrogen-bond acceptors (Lipinski definition) is 5. The normalized spacial score (nSPS) is 17.3. The van der Waals surface area contributed by atoms with Gasteiger partial charge in [-0.05, 0) is 25.7 Å².